The van der Waals surface area contributed by atoms with Gasteiger partial charge in [0.05, 0.1) is 19.8 Å². The van der Waals surface area contributed by atoms with Crippen LogP contribution in [-0.4, -0.2) is 84.0 Å². The topological polar surface area (TPSA) is 110 Å². The Kier molecular flexibility index (Phi) is 27.6. The predicted octanol–water partition coefficient (Wildman–Crippen LogP) is -0.601. The van der Waals surface area contributed by atoms with Crippen molar-refractivity contribution in [3.63, 3.8) is 0 Å². The van der Waals surface area contributed by atoms with Crippen LogP contribution in [0.4, 0.5) is 0 Å². The molecule has 7 nitrogen and oxygen atoms in total. The van der Waals surface area contributed by atoms with E-state index >= 15 is 0 Å². The van der Waals surface area contributed by atoms with Crippen LogP contribution in [0.25, 0.3) is 0 Å². The third-order valence-corrected chi connectivity index (χ3v) is 1.66. The molecule has 0 atom stereocenters. The van der Waals surface area contributed by atoms with E-state index in [2.05, 4.69) is 0 Å². The van der Waals surface area contributed by atoms with E-state index in [0.717, 1.165) is 20.1 Å². The van der Waals surface area contributed by atoms with Crippen molar-refractivity contribution in [1.82, 2.24) is 4.90 Å². The quantitative estimate of drug-likeness (QED) is 0.471. The summed E-state index contributed by atoms with van der Waals surface area (Å²) in [5.41, 5.74) is 0. The second-order valence-electron chi connectivity index (χ2n) is 3.31. The first-order valence-corrected chi connectivity index (χ1v) is 6.32. The van der Waals surface area contributed by atoms with Gasteiger partial charge in [0.25, 0.3) is 5.97 Å². The number of nitrogens with zero attached hydrogens (tertiary/aromatic N) is 1. The van der Waals surface area contributed by atoms with E-state index in [-0.39, 0.29) is 19.8 Å². The van der Waals surface area contributed by atoms with Gasteiger partial charge in [0, 0.05) is 39.8 Å². The molecule has 0 bridgehead atoms. The second-order valence-corrected chi connectivity index (χ2v) is 3.31. The van der Waals surface area contributed by atoms with Crippen molar-refractivity contribution in [1.29, 1.82) is 0 Å². The van der Waals surface area contributed by atoms with Crippen molar-refractivity contribution < 1.29 is 30.0 Å². The van der Waals surface area contributed by atoms with Crippen LogP contribution in [0.1, 0.15) is 20.8 Å². The van der Waals surface area contributed by atoms with E-state index in [1.54, 1.807) is 4.90 Å². The molecule has 0 saturated carbocycles. The van der Waals surface area contributed by atoms with Crippen LogP contribution in [-0.2, 0) is 9.53 Å². The Bertz CT molecular complexity index is 148. The third kappa shape index (κ3) is 38.2. The van der Waals surface area contributed by atoms with E-state index in [0.29, 0.717) is 19.6 Å². The van der Waals surface area contributed by atoms with Gasteiger partial charge in [-0.3, -0.25) is 9.69 Å². The molecule has 0 aromatic rings. The van der Waals surface area contributed by atoms with Crippen LogP contribution in [0.3, 0.4) is 0 Å². The normalized spacial score (nSPS) is 9.21. The molecule has 0 amide bonds. The monoisotopic (exact) mass is 283 g/mol. The van der Waals surface area contributed by atoms with Gasteiger partial charge in [-0.15, -0.1) is 0 Å². The van der Waals surface area contributed by atoms with Gasteiger partial charge >= 0.3 is 0 Å². The molecule has 0 aromatic carbocycles. The average Bonchev–Trinajstić information content (AvgIpc) is 2.31. The molecule has 19 heavy (non-hydrogen) atoms. The van der Waals surface area contributed by atoms with E-state index in [1.165, 1.54) is 0 Å². The smallest absolute Gasteiger partial charge is 0.300 e. The van der Waals surface area contributed by atoms with Crippen molar-refractivity contribution in [2.45, 2.75) is 20.8 Å². The predicted molar refractivity (Wildman–Crippen MR) is 73.2 cm³/mol. The molecule has 0 fully saturated rings. The summed E-state index contributed by atoms with van der Waals surface area (Å²) in [6.45, 7) is 8.50. The average molecular weight is 283 g/mol. The lowest BCUT2D eigenvalue weighted by atomic mass is 10.4. The second kappa shape index (κ2) is 22.5. The minimum atomic E-state index is -0.833. The zero-order chi connectivity index (χ0) is 15.5. The number of carboxylic acids is 1. The van der Waals surface area contributed by atoms with Gasteiger partial charge in [-0.1, -0.05) is 0 Å². The van der Waals surface area contributed by atoms with E-state index in [1.807, 2.05) is 13.8 Å². The number of hydrogen-bond acceptors (Lipinski definition) is 6. The fourth-order valence-corrected chi connectivity index (χ4v) is 0.964. The van der Waals surface area contributed by atoms with Crippen molar-refractivity contribution in [2.75, 3.05) is 52.7 Å². The fourth-order valence-electron chi connectivity index (χ4n) is 0.964. The maximum absolute atomic E-state index is 9.00. The molecular formula is C12H29NO6. The zero-order valence-corrected chi connectivity index (χ0v) is 12.2. The summed E-state index contributed by atoms with van der Waals surface area (Å²) in [5, 5.41) is 32.9. The van der Waals surface area contributed by atoms with Gasteiger partial charge in [0.2, 0.25) is 0 Å². The number of aliphatic hydroxyl groups is 3. The fraction of sp³-hybridized carbons (Fsp3) is 0.917. The van der Waals surface area contributed by atoms with Crippen molar-refractivity contribution >= 4 is 5.97 Å². The van der Waals surface area contributed by atoms with Crippen LogP contribution < -0.4 is 0 Å². The molecule has 0 radical (unpaired) electrons. The van der Waals surface area contributed by atoms with Gasteiger partial charge in [0.1, 0.15) is 0 Å². The van der Waals surface area contributed by atoms with Gasteiger partial charge in [-0.05, 0) is 13.8 Å². The van der Waals surface area contributed by atoms with Crippen LogP contribution in [0.15, 0.2) is 0 Å². The summed E-state index contributed by atoms with van der Waals surface area (Å²) >= 11 is 0. The van der Waals surface area contributed by atoms with Crippen molar-refractivity contribution in [2.24, 2.45) is 0 Å². The summed E-state index contributed by atoms with van der Waals surface area (Å²) in [4.78, 5) is 10.8. The Hall–Kier alpha value is -0.730. The van der Waals surface area contributed by atoms with E-state index < -0.39 is 5.97 Å². The van der Waals surface area contributed by atoms with Crippen LogP contribution in [0, 0.1) is 0 Å². The Balaban J connectivity index is -0.000000238. The molecule has 0 heterocycles. The SMILES string of the molecule is CC(=O)O.CCOCC.OCCN(CCO)CCO. The highest BCUT2D eigenvalue weighted by Crippen LogP contribution is 1.84. The van der Waals surface area contributed by atoms with Gasteiger partial charge in [-0.2, -0.15) is 0 Å². The summed E-state index contributed by atoms with van der Waals surface area (Å²) in [5.74, 6) is -0.833. The number of carboxylic acid groups (broad SMARTS) is 1. The molecule has 118 valence electrons. The summed E-state index contributed by atoms with van der Waals surface area (Å²) < 4.78 is 4.83. The molecule has 7 heteroatoms. The Labute approximate surface area is 115 Å². The first-order chi connectivity index (χ1) is 8.99. The minimum absolute atomic E-state index is 0.0694. The molecule has 0 unspecified atom stereocenters. The van der Waals surface area contributed by atoms with Gasteiger partial charge in [-0.25, -0.2) is 0 Å². The Morgan fingerprint density at radius 3 is 1.32 bits per heavy atom. The molecule has 0 spiro atoms. The molecule has 0 rings (SSSR count). The Morgan fingerprint density at radius 2 is 1.21 bits per heavy atom. The van der Waals surface area contributed by atoms with E-state index in [9.17, 15) is 0 Å². The zero-order valence-electron chi connectivity index (χ0n) is 12.2. The number of hydrogen-bond donors (Lipinski definition) is 4. The number of aliphatic hydroxyl groups excluding tert-OH is 3. The highest BCUT2D eigenvalue weighted by Gasteiger charge is 2.00. The molecule has 0 aliphatic carbocycles. The molecule has 0 aromatic heterocycles. The first kappa shape index (κ1) is 23.4. The van der Waals surface area contributed by atoms with Crippen LogP contribution >= 0.6 is 0 Å². The maximum Gasteiger partial charge on any atom is 0.300 e. The lowest BCUT2D eigenvalue weighted by molar-refractivity contribution is -0.134. The largest absolute Gasteiger partial charge is 0.481 e. The number of ether oxygens (including phenoxy) is 1. The number of aliphatic carboxylic acids is 1. The van der Waals surface area contributed by atoms with Crippen LogP contribution in [0.5, 0.6) is 0 Å². The first-order valence-electron chi connectivity index (χ1n) is 6.32. The maximum atomic E-state index is 9.00. The van der Waals surface area contributed by atoms with Crippen molar-refractivity contribution in [3.8, 4) is 0 Å². The molecule has 0 aliphatic heterocycles. The van der Waals surface area contributed by atoms with Crippen LogP contribution in [0.2, 0.25) is 0 Å². The third-order valence-electron chi connectivity index (χ3n) is 1.66. The standard InChI is InChI=1S/C6H15NO3.C4H10O.C2H4O2/c8-4-1-7(2-5-9)3-6-10;1-3-5-4-2;1-2(3)4/h8-10H,1-6H2;3-4H2,1-2H3;1H3,(H,3,4). The Morgan fingerprint density at radius 1 is 0.947 bits per heavy atom. The summed E-state index contributed by atoms with van der Waals surface area (Å²) in [6, 6.07) is 0. The van der Waals surface area contributed by atoms with Gasteiger partial charge < -0.3 is 25.2 Å². The van der Waals surface area contributed by atoms with Gasteiger partial charge in [0.15, 0.2) is 0 Å². The number of carbonyl (C=O) groups is 1. The molecule has 0 aliphatic rings. The summed E-state index contributed by atoms with van der Waals surface area (Å²) in [7, 11) is 0. The minimum Gasteiger partial charge on any atom is -0.481 e. The molecule has 4 N–H and O–H groups in total. The number of rotatable bonds is 8. The van der Waals surface area contributed by atoms with E-state index in [4.69, 9.17) is 30.0 Å². The molecular weight excluding hydrogens is 254 g/mol. The lowest BCUT2D eigenvalue weighted by Crippen LogP contribution is -2.32. The highest BCUT2D eigenvalue weighted by atomic mass is 16.5. The molecule has 0 saturated heterocycles. The summed E-state index contributed by atoms with van der Waals surface area (Å²) in [6.07, 6.45) is 0. The van der Waals surface area contributed by atoms with Crippen molar-refractivity contribution in [3.05, 3.63) is 0 Å². The lowest BCUT2D eigenvalue weighted by Gasteiger charge is -2.17. The highest BCUT2D eigenvalue weighted by molar-refractivity contribution is 5.62.